The van der Waals surface area contributed by atoms with Gasteiger partial charge in [0.2, 0.25) is 0 Å². The lowest BCUT2D eigenvalue weighted by Gasteiger charge is -2.22. The van der Waals surface area contributed by atoms with E-state index in [0.717, 1.165) is 28.7 Å². The summed E-state index contributed by atoms with van der Waals surface area (Å²) in [6.45, 7) is 0.913. The molecule has 0 radical (unpaired) electrons. The van der Waals surface area contributed by atoms with E-state index in [1.807, 2.05) is 18.2 Å². The molecular weight excluding hydrogens is 332 g/mol. The largest absolute Gasteiger partial charge is 0.389 e. The van der Waals surface area contributed by atoms with Gasteiger partial charge in [-0.2, -0.15) is 0 Å². The molecule has 2 aromatic rings. The summed E-state index contributed by atoms with van der Waals surface area (Å²) in [5, 5.41) is 0. The normalized spacial score (nSPS) is 10.3. The molecule has 0 aliphatic rings. The Balaban J connectivity index is 2.14. The van der Waals surface area contributed by atoms with Crippen LogP contribution in [0.5, 0.6) is 0 Å². The van der Waals surface area contributed by atoms with Gasteiger partial charge < -0.3 is 10.6 Å². The van der Waals surface area contributed by atoms with Gasteiger partial charge in [0, 0.05) is 29.3 Å². The number of anilines is 1. The fourth-order valence-corrected chi connectivity index (χ4v) is 2.61. The van der Waals surface area contributed by atoms with Crippen LogP contribution in [0.3, 0.4) is 0 Å². The number of halogens is 1. The Morgan fingerprint density at radius 3 is 2.55 bits per heavy atom. The smallest absolute Gasteiger partial charge is 0.106 e. The topological polar surface area (TPSA) is 29.3 Å². The van der Waals surface area contributed by atoms with E-state index in [0.29, 0.717) is 4.99 Å². The van der Waals surface area contributed by atoms with Crippen LogP contribution in [0.15, 0.2) is 53.0 Å². The van der Waals surface area contributed by atoms with E-state index in [4.69, 9.17) is 18.0 Å². The third kappa shape index (κ3) is 3.81. The van der Waals surface area contributed by atoms with Gasteiger partial charge in [0.1, 0.15) is 4.99 Å². The second-order valence-corrected chi connectivity index (χ2v) is 6.04. The molecule has 0 atom stereocenters. The zero-order valence-electron chi connectivity index (χ0n) is 11.3. The fourth-order valence-electron chi connectivity index (χ4n) is 2.09. The number of likely N-dealkylation sites (N-methyl/N-ethyl adjacent to an activating group) is 1. The Labute approximate surface area is 133 Å². The van der Waals surface area contributed by atoms with Crippen LogP contribution in [-0.4, -0.2) is 18.6 Å². The molecule has 20 heavy (non-hydrogen) atoms. The van der Waals surface area contributed by atoms with Crippen molar-refractivity contribution < 1.29 is 0 Å². The minimum atomic E-state index is 0.430. The monoisotopic (exact) mass is 348 g/mol. The number of nitrogens with two attached hydrogens (primary N) is 1. The van der Waals surface area contributed by atoms with Crippen molar-refractivity contribution in [3.8, 4) is 0 Å². The molecule has 4 heteroatoms. The van der Waals surface area contributed by atoms with E-state index in [2.05, 4.69) is 58.2 Å². The molecule has 0 amide bonds. The highest BCUT2D eigenvalue weighted by atomic mass is 79.9. The number of nitrogens with zero attached hydrogens (tertiary/aromatic N) is 1. The van der Waals surface area contributed by atoms with Crippen LogP contribution in [0.1, 0.15) is 11.1 Å². The Morgan fingerprint density at radius 2 is 1.90 bits per heavy atom. The van der Waals surface area contributed by atoms with E-state index in [9.17, 15) is 0 Å². The average Bonchev–Trinajstić information content (AvgIpc) is 2.45. The molecule has 0 heterocycles. The van der Waals surface area contributed by atoms with E-state index in [1.165, 1.54) is 5.56 Å². The highest BCUT2D eigenvalue weighted by Crippen LogP contribution is 2.24. The molecule has 0 aliphatic carbocycles. The van der Waals surface area contributed by atoms with Crippen LogP contribution >= 0.6 is 28.1 Å². The molecule has 104 valence electrons. The Morgan fingerprint density at radius 1 is 1.20 bits per heavy atom. The van der Waals surface area contributed by atoms with Crippen LogP contribution in [0.2, 0.25) is 0 Å². The molecule has 2 nitrogen and oxygen atoms in total. The Bertz CT molecular complexity index is 599. The zero-order valence-corrected chi connectivity index (χ0v) is 13.7. The fraction of sp³-hybridized carbons (Fsp3) is 0.188. The van der Waals surface area contributed by atoms with Crippen molar-refractivity contribution in [1.82, 2.24) is 0 Å². The Kier molecular flexibility index (Phi) is 5.15. The van der Waals surface area contributed by atoms with Crippen molar-refractivity contribution in [1.29, 1.82) is 0 Å². The number of rotatable bonds is 5. The lowest BCUT2D eigenvalue weighted by molar-refractivity contribution is 0.875. The SMILES string of the molecule is CN(CCc1ccccc1)c1cc(Br)ccc1C(N)=S. The number of thiocarbonyl (C=S) groups is 1. The van der Waals surface area contributed by atoms with E-state index >= 15 is 0 Å². The summed E-state index contributed by atoms with van der Waals surface area (Å²) in [6.07, 6.45) is 0.987. The first-order chi connectivity index (χ1) is 9.58. The van der Waals surface area contributed by atoms with Crippen molar-refractivity contribution in [2.75, 3.05) is 18.5 Å². The van der Waals surface area contributed by atoms with Gasteiger partial charge >= 0.3 is 0 Å². The van der Waals surface area contributed by atoms with Crippen LogP contribution < -0.4 is 10.6 Å². The van der Waals surface area contributed by atoms with Crippen LogP contribution in [0.4, 0.5) is 5.69 Å². The van der Waals surface area contributed by atoms with Crippen LogP contribution in [0.25, 0.3) is 0 Å². The summed E-state index contributed by atoms with van der Waals surface area (Å²) >= 11 is 8.62. The van der Waals surface area contributed by atoms with Gasteiger partial charge in [0.25, 0.3) is 0 Å². The van der Waals surface area contributed by atoms with Gasteiger partial charge in [0.05, 0.1) is 0 Å². The van der Waals surface area contributed by atoms with Gasteiger partial charge in [-0.15, -0.1) is 0 Å². The van der Waals surface area contributed by atoms with Crippen molar-refractivity contribution >= 4 is 38.8 Å². The predicted octanol–water partition coefficient (Wildman–Crippen LogP) is 3.76. The molecule has 2 aromatic carbocycles. The standard InChI is InChI=1S/C16H17BrN2S/c1-19(10-9-12-5-3-2-4-6-12)15-11-13(17)7-8-14(15)16(18)20/h2-8,11H,9-10H2,1H3,(H2,18,20). The number of benzene rings is 2. The average molecular weight is 349 g/mol. The quantitative estimate of drug-likeness (QED) is 0.834. The molecule has 0 fully saturated rings. The second kappa shape index (κ2) is 6.86. The van der Waals surface area contributed by atoms with Crippen molar-refractivity contribution in [2.45, 2.75) is 6.42 Å². The maximum absolute atomic E-state index is 5.80. The molecule has 0 saturated heterocycles. The molecule has 0 bridgehead atoms. The first-order valence-electron chi connectivity index (χ1n) is 6.42. The number of hydrogen-bond donors (Lipinski definition) is 1. The van der Waals surface area contributed by atoms with E-state index < -0.39 is 0 Å². The highest BCUT2D eigenvalue weighted by molar-refractivity contribution is 9.10. The predicted molar refractivity (Wildman–Crippen MR) is 93.4 cm³/mol. The second-order valence-electron chi connectivity index (χ2n) is 4.68. The zero-order chi connectivity index (χ0) is 14.5. The molecule has 0 aliphatic heterocycles. The minimum Gasteiger partial charge on any atom is -0.389 e. The maximum Gasteiger partial charge on any atom is 0.106 e. The summed E-state index contributed by atoms with van der Waals surface area (Å²) in [5.74, 6) is 0. The Hall–Kier alpha value is -1.39. The molecule has 0 spiro atoms. The third-order valence-corrected chi connectivity index (χ3v) is 3.93. The molecule has 0 aromatic heterocycles. The first kappa shape index (κ1) is 15.0. The summed E-state index contributed by atoms with van der Waals surface area (Å²) in [6, 6.07) is 16.4. The van der Waals surface area contributed by atoms with E-state index in [1.54, 1.807) is 0 Å². The molecule has 2 rings (SSSR count). The molecule has 0 saturated carbocycles. The number of hydrogen-bond acceptors (Lipinski definition) is 2. The van der Waals surface area contributed by atoms with Gasteiger partial charge in [-0.1, -0.05) is 58.5 Å². The van der Waals surface area contributed by atoms with Gasteiger partial charge in [-0.05, 0) is 30.2 Å². The van der Waals surface area contributed by atoms with Crippen molar-refractivity contribution in [3.05, 3.63) is 64.1 Å². The van der Waals surface area contributed by atoms with Gasteiger partial charge in [0.15, 0.2) is 0 Å². The van der Waals surface area contributed by atoms with Gasteiger partial charge in [-0.3, -0.25) is 0 Å². The molecule has 2 N–H and O–H groups in total. The van der Waals surface area contributed by atoms with Crippen molar-refractivity contribution in [2.24, 2.45) is 5.73 Å². The van der Waals surface area contributed by atoms with Crippen molar-refractivity contribution in [3.63, 3.8) is 0 Å². The lowest BCUT2D eigenvalue weighted by atomic mass is 10.1. The highest BCUT2D eigenvalue weighted by Gasteiger charge is 2.10. The summed E-state index contributed by atoms with van der Waals surface area (Å²) in [5.41, 5.74) is 9.10. The van der Waals surface area contributed by atoms with E-state index in [-0.39, 0.29) is 0 Å². The molecule has 0 unspecified atom stereocenters. The van der Waals surface area contributed by atoms with Crippen LogP contribution in [0, 0.1) is 0 Å². The summed E-state index contributed by atoms with van der Waals surface area (Å²) in [7, 11) is 2.06. The van der Waals surface area contributed by atoms with Crippen LogP contribution in [-0.2, 0) is 6.42 Å². The third-order valence-electron chi connectivity index (χ3n) is 3.22. The molecular formula is C16H17BrN2S. The first-order valence-corrected chi connectivity index (χ1v) is 7.62. The lowest BCUT2D eigenvalue weighted by Crippen LogP contribution is -2.24. The summed E-state index contributed by atoms with van der Waals surface area (Å²) in [4.78, 5) is 2.62. The summed E-state index contributed by atoms with van der Waals surface area (Å²) < 4.78 is 1.03. The van der Waals surface area contributed by atoms with Gasteiger partial charge in [-0.25, -0.2) is 0 Å². The maximum atomic E-state index is 5.80. The minimum absolute atomic E-state index is 0.430.